The molecule has 0 radical (unpaired) electrons. The Morgan fingerprint density at radius 2 is 1.00 bits per heavy atom. The average molecular weight is 1130 g/mol. The summed E-state index contributed by atoms with van der Waals surface area (Å²) in [5, 5.41) is 8.46. The van der Waals surface area contributed by atoms with Gasteiger partial charge in [-0.15, -0.1) is 0 Å². The zero-order chi connectivity index (χ0) is 58.9. The highest BCUT2D eigenvalue weighted by atomic mass is 31.2. The van der Waals surface area contributed by atoms with Crippen molar-refractivity contribution in [1.29, 1.82) is 0 Å². The fourth-order valence-electron chi connectivity index (χ4n) is 5.71. The van der Waals surface area contributed by atoms with E-state index in [0.717, 1.165) is 4.90 Å². The summed E-state index contributed by atoms with van der Waals surface area (Å²) in [5.74, 6) is -3.61. The van der Waals surface area contributed by atoms with Gasteiger partial charge >= 0.3 is 36.3 Å². The smallest absolute Gasteiger partial charge is 0.425 e. The highest BCUT2D eigenvalue weighted by molar-refractivity contribution is 7.64. The van der Waals surface area contributed by atoms with E-state index in [1.807, 2.05) is 0 Å². The number of carbonyl (C=O) groups is 6. The maximum absolute atomic E-state index is 13.0. The molecule has 0 aliphatic heterocycles. The van der Waals surface area contributed by atoms with Crippen LogP contribution in [-0.2, 0) is 63.2 Å². The van der Waals surface area contributed by atoms with Gasteiger partial charge in [-0.05, 0) is 110 Å². The first-order valence-corrected chi connectivity index (χ1v) is 28.9. The molecular weight excluding hydrogens is 1050 g/mol. The molecule has 4 amide bonds. The van der Waals surface area contributed by atoms with Crippen LogP contribution in [0.15, 0.2) is 49.6 Å². The molecule has 4 heterocycles. The zero-order valence-electron chi connectivity index (χ0n) is 47.0. The Kier molecular flexibility index (Phi) is 24.3. The molecule has 0 saturated heterocycles. The topological polar surface area (TPSA) is 335 Å². The first-order chi connectivity index (χ1) is 35.4. The van der Waals surface area contributed by atoms with Gasteiger partial charge in [0.25, 0.3) is 0 Å². The minimum absolute atomic E-state index is 0.0148. The molecule has 0 spiro atoms. The van der Waals surface area contributed by atoms with Gasteiger partial charge in [-0.1, -0.05) is 24.3 Å². The highest BCUT2D eigenvalue weighted by Gasteiger charge is 2.38. The van der Waals surface area contributed by atoms with Crippen LogP contribution >= 0.6 is 14.3 Å². The van der Waals surface area contributed by atoms with E-state index in [1.165, 1.54) is 72.3 Å². The van der Waals surface area contributed by atoms with Gasteiger partial charge in [0.05, 0.1) is 46.7 Å². The molecule has 428 valence electrons. The number of esters is 2. The number of methoxy groups -OCH3 is 2. The molecule has 27 nitrogen and oxygen atoms in total. The maximum Gasteiger partial charge on any atom is 0.425 e. The third-order valence-electron chi connectivity index (χ3n) is 8.69. The number of H-pyrrole nitrogens is 1. The summed E-state index contributed by atoms with van der Waals surface area (Å²) >= 11 is 0. The number of aromatic amines is 1. The molecule has 77 heavy (non-hydrogen) atoms. The molecule has 4 aromatic heterocycles. The molecular formula is C48H74N10O17P2. The predicted molar refractivity (Wildman–Crippen MR) is 285 cm³/mol. The van der Waals surface area contributed by atoms with E-state index in [0.29, 0.717) is 21.7 Å². The number of rotatable bonds is 15. The number of aliphatic hydroxyl groups excluding tert-OH is 1. The van der Waals surface area contributed by atoms with Crippen molar-refractivity contribution in [2.24, 2.45) is 0 Å². The highest BCUT2D eigenvalue weighted by Crippen LogP contribution is 2.44. The maximum atomic E-state index is 13.0. The largest absolute Gasteiger partial charge is 0.467 e. The van der Waals surface area contributed by atoms with Gasteiger partial charge in [-0.25, -0.2) is 58.7 Å². The van der Waals surface area contributed by atoms with Crippen LogP contribution in [0.3, 0.4) is 0 Å². The first-order valence-electron chi connectivity index (χ1n) is 23.6. The number of carbonyl (C=O) groups excluding carboxylic acids is 6. The van der Waals surface area contributed by atoms with E-state index < -0.39 is 84.7 Å². The number of anilines is 2. The Morgan fingerprint density at radius 3 is 1.40 bits per heavy atom. The molecule has 2 N–H and O–H groups in total. The van der Waals surface area contributed by atoms with Crippen LogP contribution in [-0.4, -0.2) is 176 Å². The summed E-state index contributed by atoms with van der Waals surface area (Å²) < 4.78 is 66.8. The lowest BCUT2D eigenvalue weighted by molar-refractivity contribution is -0.149. The lowest BCUT2D eigenvalue weighted by atomic mass is 10.2. The van der Waals surface area contributed by atoms with E-state index in [2.05, 4.69) is 44.4 Å². The van der Waals surface area contributed by atoms with Gasteiger partial charge in [0.1, 0.15) is 54.9 Å². The third kappa shape index (κ3) is 22.5. The number of imidazole rings is 2. The van der Waals surface area contributed by atoms with Crippen molar-refractivity contribution in [3.8, 4) is 0 Å². The van der Waals surface area contributed by atoms with Gasteiger partial charge in [-0.3, -0.25) is 0 Å². The number of aliphatic hydroxyl groups is 1. The summed E-state index contributed by atoms with van der Waals surface area (Å²) in [6.45, 7) is 26.4. The first kappa shape index (κ1) is 66.5. The minimum Gasteiger partial charge on any atom is -0.467 e. The quantitative estimate of drug-likeness (QED) is 0.0494. The number of hydrogen-bond acceptors (Lipinski definition) is 23. The van der Waals surface area contributed by atoms with E-state index in [4.69, 9.17) is 33.5 Å². The van der Waals surface area contributed by atoms with Crippen molar-refractivity contribution >= 4 is 84.6 Å². The Labute approximate surface area is 447 Å². The summed E-state index contributed by atoms with van der Waals surface area (Å²) in [5.41, 5.74) is -2.19. The van der Waals surface area contributed by atoms with Crippen molar-refractivity contribution in [3.05, 3.63) is 49.6 Å². The number of nitrogens with one attached hydrogen (secondary N) is 1. The fraction of sp³-hybridized carbons (Fsp3) is 0.583. The van der Waals surface area contributed by atoms with Crippen molar-refractivity contribution in [2.75, 3.05) is 70.5 Å². The SMILES string of the molecule is CC(C)(C)OC(=O)N(C(=O)OC(C)(C)C)c1ncnc2nc[nH]c12.COC(=O)C(OC/C=C\CO)P(C)(C)=O.COC(=O)C(OC/C=C\Cn1cnc2c(N(C(=O)OC(C)(C)C)C(=O)OC(C)(C)C)ncnc21)P(C)(C)=O. The molecule has 2 atom stereocenters. The molecule has 0 saturated carbocycles. The molecule has 0 aliphatic rings. The fourth-order valence-corrected chi connectivity index (χ4v) is 7.83. The second-order valence-electron chi connectivity index (χ2n) is 21.1. The van der Waals surface area contributed by atoms with Gasteiger partial charge < -0.3 is 61.7 Å². The van der Waals surface area contributed by atoms with E-state index >= 15 is 0 Å². The van der Waals surface area contributed by atoms with Crippen LogP contribution in [0.1, 0.15) is 83.1 Å². The van der Waals surface area contributed by atoms with Gasteiger partial charge in [0.15, 0.2) is 28.4 Å². The second kappa shape index (κ2) is 28.1. The number of nitrogens with zero attached hydrogens (tertiary/aromatic N) is 9. The molecule has 0 fully saturated rings. The van der Waals surface area contributed by atoms with E-state index in [9.17, 15) is 37.9 Å². The third-order valence-corrected chi connectivity index (χ3v) is 11.7. The van der Waals surface area contributed by atoms with Crippen molar-refractivity contribution in [2.45, 2.75) is 124 Å². The summed E-state index contributed by atoms with van der Waals surface area (Å²) in [6, 6.07) is 0. The minimum atomic E-state index is -2.88. The van der Waals surface area contributed by atoms with Crippen LogP contribution in [0.2, 0.25) is 0 Å². The Bertz CT molecular complexity index is 2760. The molecule has 29 heteroatoms. The number of aromatic nitrogens is 8. The molecule has 2 unspecified atom stereocenters. The summed E-state index contributed by atoms with van der Waals surface area (Å²) in [7, 11) is -3.14. The van der Waals surface area contributed by atoms with Crippen LogP contribution in [0.5, 0.6) is 0 Å². The van der Waals surface area contributed by atoms with Gasteiger partial charge in [0, 0.05) is 6.54 Å². The summed E-state index contributed by atoms with van der Waals surface area (Å²) in [4.78, 5) is 103. The van der Waals surface area contributed by atoms with Crippen LogP contribution in [0.4, 0.5) is 30.8 Å². The van der Waals surface area contributed by atoms with Crippen molar-refractivity contribution in [1.82, 2.24) is 39.5 Å². The molecule has 4 aromatic rings. The van der Waals surface area contributed by atoms with E-state index in [-0.39, 0.29) is 43.5 Å². The molecule has 4 rings (SSSR count). The van der Waals surface area contributed by atoms with E-state index in [1.54, 1.807) is 106 Å². The number of imide groups is 2. The Balaban J connectivity index is 0.000000441. The standard InChI is InChI=1S/C24H36N5O8P.C15H21N5O4.C9H17O5P/c1-23(2,3)36-21(31)29(22(32)37-24(4,5)6)18-16-17(25-14-26-18)28(15-27-16)12-10-11-13-35-20(19(30)34-7)38(8,9)33;1-14(2,3)23-12(21)20(13(22)24-15(4,5)6)11-9-10(17-7-16-9)18-8-19-11;1-13-8(11)9(15(2,3)12)14-7-5-4-6-10/h10-11,14-15,20H,12-13H2,1-9H3;7-8H,1-6H3,(H,16,17,18,19);4-5,9-10H,6-7H2,1-3H3/b11-10-;;5-4-. The number of amides is 4. The van der Waals surface area contributed by atoms with Gasteiger partial charge in [0.2, 0.25) is 11.7 Å². The van der Waals surface area contributed by atoms with Crippen LogP contribution in [0.25, 0.3) is 22.3 Å². The van der Waals surface area contributed by atoms with Crippen LogP contribution < -0.4 is 9.80 Å². The molecule has 0 aromatic carbocycles. The monoisotopic (exact) mass is 1120 g/mol. The van der Waals surface area contributed by atoms with Crippen LogP contribution in [0, 0.1) is 0 Å². The summed E-state index contributed by atoms with van der Waals surface area (Å²) in [6.07, 6.45) is 7.94. The van der Waals surface area contributed by atoms with Crippen molar-refractivity contribution in [3.63, 3.8) is 0 Å². The van der Waals surface area contributed by atoms with Gasteiger partial charge in [-0.2, -0.15) is 9.80 Å². The number of ether oxygens (including phenoxy) is 8. The Hall–Kier alpha value is -6.66. The lowest BCUT2D eigenvalue weighted by Crippen LogP contribution is -2.44. The van der Waals surface area contributed by atoms with Crippen molar-refractivity contribution < 1.29 is 80.9 Å². The zero-order valence-corrected chi connectivity index (χ0v) is 48.8. The Morgan fingerprint density at radius 1 is 0.597 bits per heavy atom. The number of fused-ring (bicyclic) bond motifs is 2. The number of hydrogen-bond donors (Lipinski definition) is 2. The lowest BCUT2D eigenvalue weighted by Gasteiger charge is -2.28. The predicted octanol–water partition coefficient (Wildman–Crippen LogP) is 7.90. The molecule has 0 aliphatic carbocycles. The number of allylic oxidation sites excluding steroid dienone is 1. The average Bonchev–Trinajstić information content (AvgIpc) is 3.93. The normalized spacial score (nSPS) is 13.1. The second-order valence-corrected chi connectivity index (χ2v) is 27.7. The molecule has 0 bridgehead atoms.